The number of aromatic hydroxyl groups is 2. The monoisotopic (exact) mass is 899 g/mol. The van der Waals surface area contributed by atoms with Gasteiger partial charge in [0.1, 0.15) is 36.0 Å². The lowest BCUT2D eigenvalue weighted by molar-refractivity contribution is -0.991. The average Bonchev–Trinajstić information content (AvgIpc) is 3.23. The number of amides is 6. The largest absolute Gasteiger partial charge is 0.595 e. The van der Waals surface area contributed by atoms with E-state index in [4.69, 9.17) is 0 Å². The summed E-state index contributed by atoms with van der Waals surface area (Å²) in [6.45, 7) is 5.61. The van der Waals surface area contributed by atoms with Gasteiger partial charge in [0, 0.05) is 44.1 Å². The highest BCUT2D eigenvalue weighted by molar-refractivity contribution is 5.96. The van der Waals surface area contributed by atoms with Crippen molar-refractivity contribution in [2.24, 2.45) is 5.92 Å². The van der Waals surface area contributed by atoms with Gasteiger partial charge in [0.05, 0.1) is 13.2 Å². The lowest BCUT2D eigenvalue weighted by atomic mass is 9.93. The molecule has 0 fully saturated rings. The maximum atomic E-state index is 13.9. The van der Waals surface area contributed by atoms with Crippen LogP contribution in [0.5, 0.6) is 11.5 Å². The van der Waals surface area contributed by atoms with E-state index >= 15 is 0 Å². The highest BCUT2D eigenvalue weighted by Gasteiger charge is 2.34. The third-order valence-corrected chi connectivity index (χ3v) is 11.3. The van der Waals surface area contributed by atoms with E-state index in [0.717, 1.165) is 47.6 Å². The Balaban J connectivity index is 1.72. The Hall–Kier alpha value is -5.83. The third-order valence-electron chi connectivity index (χ3n) is 11.3. The number of phenolic OH excluding ortho intramolecular Hbond substituents is 2. The van der Waals surface area contributed by atoms with Crippen molar-refractivity contribution in [2.45, 2.75) is 129 Å². The number of hydrogen-bond acceptors (Lipinski definition) is 12. The van der Waals surface area contributed by atoms with Crippen molar-refractivity contribution in [3.8, 4) is 22.6 Å². The Morgan fingerprint density at radius 1 is 0.859 bits per heavy atom. The summed E-state index contributed by atoms with van der Waals surface area (Å²) in [6, 6.07) is -1.24. The first-order valence-electron chi connectivity index (χ1n) is 21.6. The van der Waals surface area contributed by atoms with Crippen LogP contribution < -0.4 is 26.5 Å². The molecular weight excluding hydrogens is 835 g/mol. The lowest BCUT2D eigenvalue weighted by Gasteiger charge is -2.30. The number of unbranched alkanes of at least 4 members (excludes halogenated alkanes) is 7. The molecule has 6 atom stereocenters. The molecule has 10 N–H and O–H groups in total. The molecule has 0 aliphatic carbocycles. The van der Waals surface area contributed by atoms with Crippen molar-refractivity contribution < 1.29 is 64.4 Å². The normalized spacial score (nSPS) is 17.8. The molecule has 3 unspecified atom stereocenters. The topological polar surface area (TPSA) is 303 Å². The van der Waals surface area contributed by atoms with E-state index in [1.807, 2.05) is 0 Å². The van der Waals surface area contributed by atoms with Gasteiger partial charge in [0.15, 0.2) is 5.75 Å². The molecular formula is C44H65N7O13. The summed E-state index contributed by atoms with van der Waals surface area (Å²) in [5, 5.41) is 71.8. The van der Waals surface area contributed by atoms with Gasteiger partial charge in [-0.2, -0.15) is 5.23 Å². The number of carbonyl (C=O) groups excluding carboxylic acids is 6. The Kier molecular flexibility index (Phi) is 20.4. The molecule has 20 heteroatoms. The summed E-state index contributed by atoms with van der Waals surface area (Å²) >= 11 is 0. The van der Waals surface area contributed by atoms with Crippen LogP contribution in [0.25, 0.3) is 11.1 Å². The smallest absolute Gasteiger partial charge is 0.326 e. The molecule has 1 aliphatic heterocycles. The fourth-order valence-corrected chi connectivity index (χ4v) is 7.34. The van der Waals surface area contributed by atoms with Gasteiger partial charge < -0.3 is 56.7 Å². The van der Waals surface area contributed by atoms with Crippen molar-refractivity contribution in [1.29, 1.82) is 0 Å². The second-order valence-electron chi connectivity index (χ2n) is 16.8. The van der Waals surface area contributed by atoms with E-state index in [1.54, 1.807) is 0 Å². The number of likely N-dealkylation sites (N-methyl/N-ethyl adjacent to an activating group) is 2. The molecule has 1 heterocycles. The van der Waals surface area contributed by atoms with Crippen molar-refractivity contribution in [1.82, 2.24) is 31.1 Å². The number of rotatable bonds is 21. The zero-order chi connectivity index (χ0) is 47.8. The molecule has 354 valence electrons. The SMILES string of the molecule is CC(C)CCCCCCCCCCC(=O)N(C)[C@H](CO)C(=O)N[C@H](C)C(=O)NCC(=O)N(C)C1C(=O)N[C@@H](C)C(=O)NC(C(=O)O)Cc2cc(c(O)c([NH+]([O-])O)c2)-c2cc1ccc2O. The van der Waals surface area contributed by atoms with Crippen LogP contribution in [0.2, 0.25) is 0 Å². The Labute approximate surface area is 372 Å². The maximum Gasteiger partial charge on any atom is 0.326 e. The van der Waals surface area contributed by atoms with Gasteiger partial charge >= 0.3 is 5.97 Å². The first-order chi connectivity index (χ1) is 30.2. The zero-order valence-electron chi connectivity index (χ0n) is 37.4. The highest BCUT2D eigenvalue weighted by atomic mass is 16.8. The molecule has 0 spiro atoms. The molecule has 0 saturated carbocycles. The third kappa shape index (κ3) is 14.9. The molecule has 1 aliphatic rings. The number of carboxylic acid groups (broad SMARTS) is 1. The number of quaternary nitrogens is 1. The molecule has 0 saturated heterocycles. The van der Waals surface area contributed by atoms with Gasteiger partial charge in [-0.15, -0.1) is 0 Å². The van der Waals surface area contributed by atoms with Crippen molar-refractivity contribution >= 4 is 47.1 Å². The van der Waals surface area contributed by atoms with Gasteiger partial charge in [0.2, 0.25) is 41.1 Å². The number of benzene rings is 2. The number of aliphatic hydroxyl groups is 1. The zero-order valence-corrected chi connectivity index (χ0v) is 37.4. The second-order valence-corrected chi connectivity index (χ2v) is 16.8. The van der Waals surface area contributed by atoms with Crippen LogP contribution in [0, 0.1) is 11.1 Å². The molecule has 3 rings (SSSR count). The highest BCUT2D eigenvalue weighted by Crippen LogP contribution is 2.41. The first kappa shape index (κ1) is 52.5. The van der Waals surface area contributed by atoms with Gasteiger partial charge in [-0.05, 0) is 55.5 Å². The molecule has 64 heavy (non-hydrogen) atoms. The number of aliphatic hydroxyl groups excluding tert-OH is 1. The Morgan fingerprint density at radius 3 is 2.08 bits per heavy atom. The number of fused-ring (bicyclic) bond motifs is 5. The number of hydrogen-bond donors (Lipinski definition) is 10. The minimum atomic E-state index is -1.62. The van der Waals surface area contributed by atoms with Crippen LogP contribution in [0.4, 0.5) is 5.69 Å². The molecule has 2 aromatic carbocycles. The summed E-state index contributed by atoms with van der Waals surface area (Å²) in [7, 11) is 2.60. The van der Waals surface area contributed by atoms with E-state index in [1.165, 1.54) is 71.8 Å². The Bertz CT molecular complexity index is 1980. The van der Waals surface area contributed by atoms with Crippen molar-refractivity contribution in [2.75, 3.05) is 27.2 Å². The van der Waals surface area contributed by atoms with E-state index in [2.05, 4.69) is 35.1 Å². The number of nitrogens with zero attached hydrogens (tertiary/aromatic N) is 2. The summed E-state index contributed by atoms with van der Waals surface area (Å²) in [6.07, 6.45) is 9.34. The predicted octanol–water partition coefficient (Wildman–Crippen LogP) is 1.30. The van der Waals surface area contributed by atoms with Crippen LogP contribution >= 0.6 is 0 Å². The Morgan fingerprint density at radius 2 is 1.48 bits per heavy atom. The number of carboxylic acids is 1. The first-order valence-corrected chi connectivity index (χ1v) is 21.6. The van der Waals surface area contributed by atoms with Gasteiger partial charge in [0.25, 0.3) is 0 Å². The number of aliphatic carboxylic acids is 1. The van der Waals surface area contributed by atoms with Crippen LogP contribution in [-0.2, 0) is 40.0 Å². The fourth-order valence-electron chi connectivity index (χ4n) is 7.34. The summed E-state index contributed by atoms with van der Waals surface area (Å²) < 4.78 is 0. The molecule has 0 radical (unpaired) electrons. The number of phenols is 2. The van der Waals surface area contributed by atoms with Gasteiger partial charge in [-0.3, -0.25) is 28.8 Å². The van der Waals surface area contributed by atoms with E-state index in [-0.39, 0.29) is 34.6 Å². The molecule has 0 aromatic heterocycles. The second kappa shape index (κ2) is 24.9. The van der Waals surface area contributed by atoms with Crippen LogP contribution in [0.3, 0.4) is 0 Å². The van der Waals surface area contributed by atoms with Gasteiger partial charge in [-0.25, -0.2) is 10.0 Å². The fraction of sp³-hybridized carbons (Fsp3) is 0.568. The van der Waals surface area contributed by atoms with E-state index in [0.29, 0.717) is 12.3 Å². The molecule has 2 aromatic rings. The minimum Gasteiger partial charge on any atom is -0.595 e. The van der Waals surface area contributed by atoms with E-state index < -0.39 is 108 Å². The minimum absolute atomic E-state index is 0.0134. The van der Waals surface area contributed by atoms with Crippen LogP contribution in [0.15, 0.2) is 30.3 Å². The predicted molar refractivity (Wildman–Crippen MR) is 233 cm³/mol. The summed E-state index contributed by atoms with van der Waals surface area (Å²) in [5.74, 6) is -6.76. The maximum absolute atomic E-state index is 13.9. The van der Waals surface area contributed by atoms with Crippen molar-refractivity contribution in [3.05, 3.63) is 46.7 Å². The summed E-state index contributed by atoms with van der Waals surface area (Å²) in [5.41, 5.74) is -1.01. The quantitative estimate of drug-likeness (QED) is 0.0481. The number of carbonyl (C=O) groups is 7. The van der Waals surface area contributed by atoms with Crippen LogP contribution in [-0.4, -0.2) is 128 Å². The van der Waals surface area contributed by atoms with Crippen LogP contribution in [0.1, 0.15) is 109 Å². The standard InChI is InChI=1S/C44H65N7O13/c1-25(2)15-13-11-9-7-8-10-12-14-16-36(54)49(5)34(24-52)42(59)46-26(3)40(57)45-23-37(55)50(6)38-29-17-18-35(53)30(22-29)31-19-28(21-33(39(31)56)51(63)64)20-32(44(61)62)48-41(58)27(4)47-43(38)60/h17-19,21-22,25-27,32,34,38,51-53,56,63H,7-16,20,23-24H2,1-6H3,(H,45,57)(H,46,59)(H,47,60)(H,48,58)(H,61,62)/t26-,27+,32?,34-,38?/m1/s1. The van der Waals surface area contributed by atoms with Crippen molar-refractivity contribution in [3.63, 3.8) is 0 Å². The number of nitrogens with one attached hydrogen (secondary N) is 5. The average molecular weight is 900 g/mol. The molecule has 20 nitrogen and oxygen atoms in total. The molecule has 6 amide bonds. The lowest BCUT2D eigenvalue weighted by Crippen LogP contribution is -2.99. The molecule has 4 bridgehead atoms. The van der Waals surface area contributed by atoms with E-state index in [9.17, 15) is 64.4 Å². The summed E-state index contributed by atoms with van der Waals surface area (Å²) in [4.78, 5) is 94.1. The van der Waals surface area contributed by atoms with Gasteiger partial charge in [-0.1, -0.05) is 71.3 Å².